The van der Waals surface area contributed by atoms with Crippen LogP contribution in [0.25, 0.3) is 0 Å². The molecule has 3 rings (SSSR count). The number of halogens is 3. The van der Waals surface area contributed by atoms with E-state index in [4.69, 9.17) is 4.74 Å². The Balaban J connectivity index is 2.00. The van der Waals surface area contributed by atoms with E-state index in [9.17, 15) is 26.4 Å². The Kier molecular flexibility index (Phi) is 9.63. The highest BCUT2D eigenvalue weighted by molar-refractivity contribution is 7.88. The Labute approximate surface area is 225 Å². The number of carbonyl (C=O) groups excluding carboxylic acids is 1. The third-order valence-electron chi connectivity index (χ3n) is 6.42. The second kappa shape index (κ2) is 12.2. The topological polar surface area (TPSA) is 105 Å². The van der Waals surface area contributed by atoms with Gasteiger partial charge < -0.3 is 15.0 Å². The molecule has 0 amide bonds. The van der Waals surface area contributed by atoms with Crippen molar-refractivity contribution < 1.29 is 31.1 Å². The van der Waals surface area contributed by atoms with Gasteiger partial charge in [-0.15, -0.1) is 0 Å². The third-order valence-corrected chi connectivity index (χ3v) is 8.35. The van der Waals surface area contributed by atoms with Crippen molar-refractivity contribution in [1.82, 2.24) is 13.7 Å². The molecule has 1 atom stereocenters. The minimum absolute atomic E-state index is 0.00672. The average molecular weight is 578 g/mol. The number of methoxy groups -OCH3 is 1. The first kappa shape index (κ1) is 30.1. The molecule has 14 heteroatoms. The summed E-state index contributed by atoms with van der Waals surface area (Å²) in [6.45, 7) is 7.44. The van der Waals surface area contributed by atoms with E-state index in [1.54, 1.807) is 0 Å². The van der Waals surface area contributed by atoms with Gasteiger partial charge in [-0.2, -0.15) is 22.5 Å². The standard InChI is InChI=1S/C24H34F3N5O4S2/c1-15(2)14-32(18-8-10-31(11-9-18)38(5,34)35)20-7-6-17(16(3)12-21(33)36-4)13-19(20)28-23-29-22(30-37-23)24(25,26)27/h6-7,13,15-16,18H,8-12,14H2,1-5H3,(H,28,29,30)/t16-/m1/s1. The van der Waals surface area contributed by atoms with Gasteiger partial charge in [0.15, 0.2) is 0 Å². The molecular weight excluding hydrogens is 543 g/mol. The zero-order chi connectivity index (χ0) is 28.3. The van der Waals surface area contributed by atoms with Crippen molar-refractivity contribution in [3.8, 4) is 0 Å². The molecule has 0 saturated carbocycles. The Morgan fingerprint density at radius 1 is 1.26 bits per heavy atom. The van der Waals surface area contributed by atoms with Crippen LogP contribution in [0, 0.1) is 5.92 Å². The molecule has 0 unspecified atom stereocenters. The van der Waals surface area contributed by atoms with Crippen molar-refractivity contribution in [2.45, 2.75) is 58.2 Å². The zero-order valence-electron chi connectivity index (χ0n) is 22.1. The van der Waals surface area contributed by atoms with E-state index in [2.05, 4.69) is 33.4 Å². The zero-order valence-corrected chi connectivity index (χ0v) is 23.7. The number of ether oxygens (including phenoxy) is 1. The maximum atomic E-state index is 13.1. The summed E-state index contributed by atoms with van der Waals surface area (Å²) in [5, 5.41) is 3.03. The van der Waals surface area contributed by atoms with Crippen LogP contribution in [0.3, 0.4) is 0 Å². The molecule has 1 aliphatic rings. The smallest absolute Gasteiger partial charge is 0.452 e. The molecule has 9 nitrogen and oxygen atoms in total. The molecule has 1 fully saturated rings. The van der Waals surface area contributed by atoms with Gasteiger partial charge in [-0.25, -0.2) is 12.7 Å². The van der Waals surface area contributed by atoms with Crippen LogP contribution in [0.4, 0.5) is 29.7 Å². The Morgan fingerprint density at radius 3 is 2.45 bits per heavy atom. The lowest BCUT2D eigenvalue weighted by molar-refractivity contribution is -0.144. The van der Waals surface area contributed by atoms with Gasteiger partial charge in [0.05, 0.1) is 31.2 Å². The molecule has 2 heterocycles. The number of carbonyl (C=O) groups is 1. The van der Waals surface area contributed by atoms with Gasteiger partial charge in [0.1, 0.15) is 0 Å². The number of hydrogen-bond donors (Lipinski definition) is 1. The van der Waals surface area contributed by atoms with Gasteiger partial charge in [0.2, 0.25) is 21.0 Å². The third kappa shape index (κ3) is 7.79. The van der Waals surface area contributed by atoms with E-state index in [-0.39, 0.29) is 35.4 Å². The van der Waals surface area contributed by atoms with Crippen molar-refractivity contribution in [3.63, 3.8) is 0 Å². The number of esters is 1. The normalized spacial score (nSPS) is 16.4. The van der Waals surface area contributed by atoms with Crippen molar-refractivity contribution in [2.75, 3.05) is 43.2 Å². The van der Waals surface area contributed by atoms with Crippen LogP contribution in [0.1, 0.15) is 57.3 Å². The van der Waals surface area contributed by atoms with E-state index < -0.39 is 22.0 Å². The van der Waals surface area contributed by atoms with Crippen LogP contribution in [-0.2, 0) is 25.7 Å². The number of anilines is 3. The predicted octanol–water partition coefficient (Wildman–Crippen LogP) is 4.85. The van der Waals surface area contributed by atoms with Gasteiger partial charge in [0.25, 0.3) is 0 Å². The highest BCUT2D eigenvalue weighted by atomic mass is 32.2. The molecule has 0 aliphatic carbocycles. The number of nitrogens with one attached hydrogen (secondary N) is 1. The lowest BCUT2D eigenvalue weighted by Crippen LogP contribution is -2.47. The molecule has 1 aromatic carbocycles. The van der Waals surface area contributed by atoms with E-state index in [1.807, 2.05) is 25.1 Å². The maximum absolute atomic E-state index is 13.1. The summed E-state index contributed by atoms with van der Waals surface area (Å²) in [5.41, 5.74) is 2.10. The second-order valence-electron chi connectivity index (χ2n) is 9.94. The second-order valence-corrected chi connectivity index (χ2v) is 12.7. The quantitative estimate of drug-likeness (QED) is 0.400. The lowest BCUT2D eigenvalue weighted by atomic mass is 9.95. The fraction of sp³-hybridized carbons (Fsp3) is 0.625. The van der Waals surface area contributed by atoms with Crippen LogP contribution in [0.5, 0.6) is 0 Å². The molecule has 212 valence electrons. The molecule has 1 aromatic heterocycles. The summed E-state index contributed by atoms with van der Waals surface area (Å²) in [6, 6.07) is 5.63. The lowest BCUT2D eigenvalue weighted by Gasteiger charge is -2.40. The number of hydrogen-bond acceptors (Lipinski definition) is 9. The van der Waals surface area contributed by atoms with Crippen LogP contribution in [-0.4, -0.2) is 67.1 Å². The Morgan fingerprint density at radius 2 is 1.92 bits per heavy atom. The largest absolute Gasteiger partial charge is 0.469 e. The van der Waals surface area contributed by atoms with Gasteiger partial charge in [-0.05, 0) is 42.4 Å². The summed E-state index contributed by atoms with van der Waals surface area (Å²) in [5.74, 6) is -1.52. The van der Waals surface area contributed by atoms with Gasteiger partial charge in [-0.3, -0.25) is 4.79 Å². The van der Waals surface area contributed by atoms with E-state index in [0.29, 0.717) is 49.7 Å². The van der Waals surface area contributed by atoms with Crippen LogP contribution in [0.15, 0.2) is 18.2 Å². The summed E-state index contributed by atoms with van der Waals surface area (Å²) >= 11 is 0.614. The first-order valence-electron chi connectivity index (χ1n) is 12.3. The summed E-state index contributed by atoms with van der Waals surface area (Å²) in [4.78, 5) is 17.7. The summed E-state index contributed by atoms with van der Waals surface area (Å²) in [6.07, 6.45) is -2.10. The van der Waals surface area contributed by atoms with Crippen LogP contribution >= 0.6 is 11.5 Å². The number of alkyl halides is 3. The molecular formula is C24H34F3N5O4S2. The number of benzene rings is 1. The first-order chi connectivity index (χ1) is 17.7. The van der Waals surface area contributed by atoms with Gasteiger partial charge in [-0.1, -0.05) is 26.8 Å². The molecule has 1 N–H and O–H groups in total. The molecule has 0 bridgehead atoms. The van der Waals surface area contributed by atoms with Crippen LogP contribution < -0.4 is 10.2 Å². The molecule has 2 aromatic rings. The number of aromatic nitrogens is 2. The van der Waals surface area contributed by atoms with E-state index in [0.717, 1.165) is 11.3 Å². The minimum atomic E-state index is -4.66. The van der Waals surface area contributed by atoms with Crippen molar-refractivity contribution >= 4 is 44.0 Å². The minimum Gasteiger partial charge on any atom is -0.469 e. The molecule has 38 heavy (non-hydrogen) atoms. The van der Waals surface area contributed by atoms with Gasteiger partial charge >= 0.3 is 12.1 Å². The van der Waals surface area contributed by atoms with E-state index in [1.165, 1.54) is 17.7 Å². The summed E-state index contributed by atoms with van der Waals surface area (Å²) in [7, 11) is -1.97. The highest BCUT2D eigenvalue weighted by Crippen LogP contribution is 2.38. The number of piperidine rings is 1. The fourth-order valence-corrected chi connectivity index (χ4v) is 5.96. The predicted molar refractivity (Wildman–Crippen MR) is 141 cm³/mol. The van der Waals surface area contributed by atoms with Crippen LogP contribution in [0.2, 0.25) is 0 Å². The molecule has 0 spiro atoms. The highest BCUT2D eigenvalue weighted by Gasteiger charge is 2.36. The first-order valence-corrected chi connectivity index (χ1v) is 14.9. The number of nitrogens with zero attached hydrogens (tertiary/aromatic N) is 4. The monoisotopic (exact) mass is 577 g/mol. The average Bonchev–Trinajstić information content (AvgIpc) is 3.31. The number of sulfonamides is 1. The Hall–Kier alpha value is -2.45. The Bertz CT molecular complexity index is 1210. The van der Waals surface area contributed by atoms with Crippen molar-refractivity contribution in [1.29, 1.82) is 0 Å². The SMILES string of the molecule is COC(=O)C[C@@H](C)c1ccc(N(CC(C)C)C2CCN(S(C)(=O)=O)CC2)c(Nc2nc(C(F)(F)F)ns2)c1. The molecule has 0 radical (unpaired) electrons. The maximum Gasteiger partial charge on any atom is 0.452 e. The molecule has 1 saturated heterocycles. The fourth-order valence-electron chi connectivity index (χ4n) is 4.49. The van der Waals surface area contributed by atoms with E-state index >= 15 is 0 Å². The van der Waals surface area contributed by atoms with Crippen molar-refractivity contribution in [2.24, 2.45) is 5.92 Å². The van der Waals surface area contributed by atoms with Gasteiger partial charge in [0, 0.05) is 37.2 Å². The van der Waals surface area contributed by atoms with Crippen molar-refractivity contribution in [3.05, 3.63) is 29.6 Å². The summed E-state index contributed by atoms with van der Waals surface area (Å²) < 4.78 is 73.1. The number of rotatable bonds is 10. The molecule has 1 aliphatic heterocycles.